The molecule has 1 aromatic heterocycles. The predicted octanol–water partition coefficient (Wildman–Crippen LogP) is 0.968. The number of nitrogens with zero attached hydrogens (tertiary/aromatic N) is 2. The summed E-state index contributed by atoms with van der Waals surface area (Å²) in [4.78, 5) is 6.65. The van der Waals surface area contributed by atoms with Crippen molar-refractivity contribution in [3.05, 3.63) is 11.5 Å². The molecule has 1 heterocycles. The van der Waals surface area contributed by atoms with Crippen LogP contribution >= 0.6 is 0 Å². The third kappa shape index (κ3) is 1.79. The van der Waals surface area contributed by atoms with E-state index in [4.69, 9.17) is 11.5 Å². The zero-order valence-electron chi connectivity index (χ0n) is 6.68. The van der Waals surface area contributed by atoms with Crippen molar-refractivity contribution < 1.29 is 13.2 Å². The first-order chi connectivity index (χ1) is 5.82. The lowest BCUT2D eigenvalue weighted by molar-refractivity contribution is -0.140. The second kappa shape index (κ2) is 2.75. The number of alkyl halides is 3. The van der Waals surface area contributed by atoms with Crippen molar-refractivity contribution in [2.24, 2.45) is 0 Å². The van der Waals surface area contributed by atoms with Crippen LogP contribution in [-0.2, 0) is 6.18 Å². The largest absolute Gasteiger partial charge is 0.435 e. The minimum Gasteiger partial charge on any atom is -0.394 e. The van der Waals surface area contributed by atoms with Gasteiger partial charge in [0.2, 0.25) is 0 Å². The Kier molecular flexibility index (Phi) is 2.02. The Morgan fingerprint density at radius 2 is 1.69 bits per heavy atom. The molecule has 0 aliphatic rings. The van der Waals surface area contributed by atoms with E-state index >= 15 is 0 Å². The third-order valence-corrected chi connectivity index (χ3v) is 1.36. The van der Waals surface area contributed by atoms with E-state index in [0.29, 0.717) is 0 Å². The van der Waals surface area contributed by atoms with E-state index in [1.165, 1.54) is 6.92 Å². The molecule has 7 heteroatoms. The Balaban J connectivity index is 3.37. The summed E-state index contributed by atoms with van der Waals surface area (Å²) in [6.45, 7) is 1.31. The number of halogens is 3. The topological polar surface area (TPSA) is 77.8 Å². The van der Waals surface area contributed by atoms with E-state index in [-0.39, 0.29) is 11.6 Å². The number of aryl methyl sites for hydroxylation is 1. The zero-order chi connectivity index (χ0) is 10.2. The van der Waals surface area contributed by atoms with Gasteiger partial charge in [-0.05, 0) is 6.92 Å². The number of aromatic nitrogens is 2. The Hall–Kier alpha value is -1.53. The van der Waals surface area contributed by atoms with Gasteiger partial charge >= 0.3 is 6.18 Å². The average molecular weight is 192 g/mol. The minimum atomic E-state index is -4.59. The number of anilines is 2. The average Bonchev–Trinajstić information content (AvgIpc) is 1.94. The SMILES string of the molecule is Cc1nc(N)c(N)c(C(F)(F)F)n1. The molecule has 0 atom stereocenters. The Morgan fingerprint density at radius 1 is 1.15 bits per heavy atom. The van der Waals surface area contributed by atoms with Crippen molar-refractivity contribution in [2.45, 2.75) is 13.1 Å². The van der Waals surface area contributed by atoms with Gasteiger partial charge in [-0.15, -0.1) is 0 Å². The molecule has 0 aliphatic heterocycles. The van der Waals surface area contributed by atoms with Crippen molar-refractivity contribution in [2.75, 3.05) is 11.5 Å². The van der Waals surface area contributed by atoms with Crippen LogP contribution in [0.25, 0.3) is 0 Å². The van der Waals surface area contributed by atoms with Gasteiger partial charge in [-0.1, -0.05) is 0 Å². The van der Waals surface area contributed by atoms with Gasteiger partial charge in [0, 0.05) is 0 Å². The third-order valence-electron chi connectivity index (χ3n) is 1.36. The maximum atomic E-state index is 12.2. The second-order valence-electron chi connectivity index (χ2n) is 2.42. The van der Waals surface area contributed by atoms with E-state index in [0.717, 1.165) is 0 Å². The minimum absolute atomic E-state index is 0.0565. The number of hydrogen-bond acceptors (Lipinski definition) is 4. The first-order valence-corrected chi connectivity index (χ1v) is 3.29. The Morgan fingerprint density at radius 3 is 2.15 bits per heavy atom. The lowest BCUT2D eigenvalue weighted by Crippen LogP contribution is -2.15. The monoisotopic (exact) mass is 192 g/mol. The van der Waals surface area contributed by atoms with Crippen LogP contribution < -0.4 is 11.5 Å². The van der Waals surface area contributed by atoms with Crippen molar-refractivity contribution in [3.63, 3.8) is 0 Å². The lowest BCUT2D eigenvalue weighted by atomic mass is 10.3. The van der Waals surface area contributed by atoms with Crippen LogP contribution in [0.4, 0.5) is 24.7 Å². The second-order valence-corrected chi connectivity index (χ2v) is 2.42. The van der Waals surface area contributed by atoms with E-state index < -0.39 is 17.6 Å². The van der Waals surface area contributed by atoms with Gasteiger partial charge < -0.3 is 11.5 Å². The lowest BCUT2D eigenvalue weighted by Gasteiger charge is -2.10. The highest BCUT2D eigenvalue weighted by molar-refractivity contribution is 5.61. The fraction of sp³-hybridized carbons (Fsp3) is 0.333. The fourth-order valence-electron chi connectivity index (χ4n) is 0.819. The highest BCUT2D eigenvalue weighted by atomic mass is 19.4. The van der Waals surface area contributed by atoms with Crippen LogP contribution in [0.1, 0.15) is 11.5 Å². The highest BCUT2D eigenvalue weighted by Crippen LogP contribution is 2.33. The van der Waals surface area contributed by atoms with Crippen LogP contribution in [0.3, 0.4) is 0 Å². The van der Waals surface area contributed by atoms with Gasteiger partial charge in [0.15, 0.2) is 11.5 Å². The van der Waals surface area contributed by atoms with Crippen LogP contribution in [0, 0.1) is 6.92 Å². The molecule has 72 valence electrons. The molecule has 13 heavy (non-hydrogen) atoms. The number of nitrogen functional groups attached to an aromatic ring is 2. The molecule has 0 saturated carbocycles. The van der Waals surface area contributed by atoms with Gasteiger partial charge in [-0.25, -0.2) is 9.97 Å². The molecule has 1 rings (SSSR count). The highest BCUT2D eigenvalue weighted by Gasteiger charge is 2.36. The molecule has 0 aromatic carbocycles. The van der Waals surface area contributed by atoms with Gasteiger partial charge in [-0.3, -0.25) is 0 Å². The van der Waals surface area contributed by atoms with Gasteiger partial charge in [-0.2, -0.15) is 13.2 Å². The van der Waals surface area contributed by atoms with Gasteiger partial charge in [0.05, 0.1) is 0 Å². The van der Waals surface area contributed by atoms with Crippen molar-refractivity contribution in [3.8, 4) is 0 Å². The summed E-state index contributed by atoms with van der Waals surface area (Å²) in [5, 5.41) is 0. The van der Waals surface area contributed by atoms with E-state index in [9.17, 15) is 13.2 Å². The number of hydrogen-bond donors (Lipinski definition) is 2. The van der Waals surface area contributed by atoms with Crippen LogP contribution in [0.2, 0.25) is 0 Å². The van der Waals surface area contributed by atoms with E-state index in [2.05, 4.69) is 9.97 Å². The quantitative estimate of drug-likeness (QED) is 0.641. The first kappa shape index (κ1) is 9.56. The molecular weight excluding hydrogens is 185 g/mol. The number of rotatable bonds is 0. The van der Waals surface area contributed by atoms with Gasteiger partial charge in [0.1, 0.15) is 11.5 Å². The Bertz CT molecular complexity index is 333. The standard InChI is InChI=1S/C6H7F3N4/c1-2-12-4(6(7,8)9)3(10)5(11)13-2/h10H2,1H3,(H2,11,12,13). The maximum absolute atomic E-state index is 12.2. The molecule has 0 spiro atoms. The summed E-state index contributed by atoms with van der Waals surface area (Å²) >= 11 is 0. The molecule has 4 N–H and O–H groups in total. The van der Waals surface area contributed by atoms with Crippen LogP contribution in [0.5, 0.6) is 0 Å². The molecule has 0 fully saturated rings. The predicted molar refractivity (Wildman–Crippen MR) is 40.6 cm³/mol. The first-order valence-electron chi connectivity index (χ1n) is 3.29. The zero-order valence-corrected chi connectivity index (χ0v) is 6.68. The molecule has 0 unspecified atom stereocenters. The normalized spacial score (nSPS) is 11.7. The van der Waals surface area contributed by atoms with Crippen LogP contribution in [-0.4, -0.2) is 9.97 Å². The fourth-order valence-corrected chi connectivity index (χ4v) is 0.819. The smallest absolute Gasteiger partial charge is 0.394 e. The van der Waals surface area contributed by atoms with Crippen molar-refractivity contribution in [1.29, 1.82) is 0 Å². The van der Waals surface area contributed by atoms with Crippen molar-refractivity contribution >= 4 is 11.5 Å². The van der Waals surface area contributed by atoms with E-state index in [1.54, 1.807) is 0 Å². The molecule has 1 aromatic rings. The van der Waals surface area contributed by atoms with Crippen LogP contribution in [0.15, 0.2) is 0 Å². The summed E-state index contributed by atoms with van der Waals surface area (Å²) in [5.41, 5.74) is 8.40. The summed E-state index contributed by atoms with van der Waals surface area (Å²) in [5.74, 6) is -0.404. The Labute approximate surface area is 71.8 Å². The number of nitrogens with two attached hydrogens (primary N) is 2. The molecule has 0 radical (unpaired) electrons. The van der Waals surface area contributed by atoms with Gasteiger partial charge in [0.25, 0.3) is 0 Å². The molecular formula is C6H7F3N4. The molecule has 0 saturated heterocycles. The molecule has 0 amide bonds. The molecule has 4 nitrogen and oxygen atoms in total. The molecule has 0 aliphatic carbocycles. The maximum Gasteiger partial charge on any atom is 0.435 e. The molecule has 0 bridgehead atoms. The van der Waals surface area contributed by atoms with E-state index in [1.807, 2.05) is 0 Å². The summed E-state index contributed by atoms with van der Waals surface area (Å²) < 4.78 is 36.5. The van der Waals surface area contributed by atoms with Crippen molar-refractivity contribution in [1.82, 2.24) is 9.97 Å². The summed E-state index contributed by atoms with van der Waals surface area (Å²) in [6.07, 6.45) is -4.59. The summed E-state index contributed by atoms with van der Waals surface area (Å²) in [7, 11) is 0. The summed E-state index contributed by atoms with van der Waals surface area (Å²) in [6, 6.07) is 0.